The minimum absolute atomic E-state index is 0.616. The summed E-state index contributed by atoms with van der Waals surface area (Å²) in [4.78, 5) is 1.46. The Morgan fingerprint density at radius 2 is 2.40 bits per heavy atom. The maximum atomic E-state index is 2.25. The average molecular weight is 186 g/mol. The summed E-state index contributed by atoms with van der Waals surface area (Å²) in [5.74, 6) is 0. The van der Waals surface area contributed by atoms with Crippen LogP contribution < -0.4 is 0 Å². The zero-order valence-corrected chi connectivity index (χ0v) is 7.64. The summed E-state index contributed by atoms with van der Waals surface area (Å²) >= 11 is 1.83. The Morgan fingerprint density at radius 3 is 3.00 bits per heavy atom. The lowest BCUT2D eigenvalue weighted by molar-refractivity contribution is 1.32. The van der Waals surface area contributed by atoms with Crippen LogP contribution in [-0.4, -0.2) is 0 Å². The zero-order valence-electron chi connectivity index (χ0n) is 5.19. The predicted molar refractivity (Wildman–Crippen MR) is 51.4 cm³/mol. The van der Waals surface area contributed by atoms with Crippen molar-refractivity contribution in [2.75, 3.05) is 0 Å². The van der Waals surface area contributed by atoms with Crippen LogP contribution in [0.5, 0.6) is 0 Å². The molecule has 0 amide bonds. The van der Waals surface area contributed by atoms with Gasteiger partial charge in [0, 0.05) is 4.88 Å². The molecule has 0 saturated heterocycles. The van der Waals surface area contributed by atoms with E-state index in [1.807, 2.05) is 32.9 Å². The van der Waals surface area contributed by atoms with E-state index in [2.05, 4.69) is 29.0 Å². The number of thiophene rings is 1. The monoisotopic (exact) mass is 186 g/mol. The summed E-state index contributed by atoms with van der Waals surface area (Å²) in [5.41, 5.74) is 0. The van der Waals surface area contributed by atoms with E-state index in [0.29, 0.717) is 5.25 Å². The van der Waals surface area contributed by atoms with E-state index < -0.39 is 0 Å². The van der Waals surface area contributed by atoms with Crippen molar-refractivity contribution in [3.8, 4) is 0 Å². The van der Waals surface area contributed by atoms with Crippen molar-refractivity contribution in [2.45, 2.75) is 5.25 Å². The van der Waals surface area contributed by atoms with Gasteiger partial charge in [-0.25, -0.2) is 0 Å². The second kappa shape index (κ2) is 3.03. The van der Waals surface area contributed by atoms with Crippen molar-refractivity contribution in [1.29, 1.82) is 0 Å². The van der Waals surface area contributed by atoms with Gasteiger partial charge in [0.1, 0.15) is 0 Å². The highest BCUT2D eigenvalue weighted by atomic mass is 33.1. The second-order valence-electron chi connectivity index (χ2n) is 1.96. The molecule has 0 N–H and O–H groups in total. The van der Waals surface area contributed by atoms with Gasteiger partial charge in [0.15, 0.2) is 0 Å². The first-order valence-corrected chi connectivity index (χ1v) is 6.14. The topological polar surface area (TPSA) is 0 Å². The van der Waals surface area contributed by atoms with E-state index in [1.165, 1.54) is 4.88 Å². The van der Waals surface area contributed by atoms with Crippen LogP contribution in [0.15, 0.2) is 29.0 Å². The van der Waals surface area contributed by atoms with Crippen molar-refractivity contribution >= 4 is 32.9 Å². The fraction of sp³-hybridized carbons (Fsp3) is 0.143. The molecule has 1 aliphatic heterocycles. The van der Waals surface area contributed by atoms with Crippen LogP contribution in [0.4, 0.5) is 0 Å². The fourth-order valence-corrected chi connectivity index (χ4v) is 4.07. The van der Waals surface area contributed by atoms with Crippen molar-refractivity contribution in [2.24, 2.45) is 0 Å². The Labute approximate surface area is 72.1 Å². The SMILES string of the molecule is C1=CC(c2cccs2)SS1. The van der Waals surface area contributed by atoms with Crippen LogP contribution in [0.3, 0.4) is 0 Å². The number of rotatable bonds is 1. The third kappa shape index (κ3) is 1.26. The van der Waals surface area contributed by atoms with Crippen molar-refractivity contribution < 1.29 is 0 Å². The lowest BCUT2D eigenvalue weighted by Gasteiger charge is -1.99. The molecule has 0 radical (unpaired) electrons. The molecule has 3 heteroatoms. The first-order chi connectivity index (χ1) is 4.97. The molecule has 10 heavy (non-hydrogen) atoms. The van der Waals surface area contributed by atoms with E-state index in [-0.39, 0.29) is 0 Å². The molecule has 2 rings (SSSR count). The molecule has 2 heterocycles. The molecule has 1 aromatic heterocycles. The summed E-state index contributed by atoms with van der Waals surface area (Å²) in [6.45, 7) is 0. The van der Waals surface area contributed by atoms with Crippen LogP contribution in [0.25, 0.3) is 0 Å². The van der Waals surface area contributed by atoms with Gasteiger partial charge in [-0.2, -0.15) is 0 Å². The van der Waals surface area contributed by atoms with Gasteiger partial charge in [-0.15, -0.1) is 11.3 Å². The summed E-state index contributed by atoms with van der Waals surface area (Å²) in [7, 11) is 3.74. The molecule has 1 aromatic rings. The van der Waals surface area contributed by atoms with Gasteiger partial charge in [-0.05, 0) is 16.9 Å². The van der Waals surface area contributed by atoms with Gasteiger partial charge in [-0.3, -0.25) is 0 Å². The standard InChI is InChI=1S/C7H6S3/c1-2-6(8-4-1)7-3-5-9-10-7/h1-5,7H. The van der Waals surface area contributed by atoms with Crippen LogP contribution in [0, 0.1) is 0 Å². The molecule has 0 nitrogen and oxygen atoms in total. The molecule has 0 aromatic carbocycles. The molecular weight excluding hydrogens is 180 g/mol. The molecule has 0 aliphatic carbocycles. The summed E-state index contributed by atoms with van der Waals surface area (Å²) in [5, 5.41) is 4.91. The zero-order chi connectivity index (χ0) is 6.81. The third-order valence-electron chi connectivity index (χ3n) is 1.29. The fourth-order valence-electron chi connectivity index (χ4n) is 0.823. The third-order valence-corrected chi connectivity index (χ3v) is 4.68. The molecule has 1 unspecified atom stereocenters. The Bertz CT molecular complexity index is 225. The van der Waals surface area contributed by atoms with Crippen LogP contribution in [0.1, 0.15) is 10.1 Å². The van der Waals surface area contributed by atoms with Gasteiger partial charge in [0.25, 0.3) is 0 Å². The Balaban J connectivity index is 2.20. The molecule has 1 aliphatic rings. The molecule has 52 valence electrons. The van der Waals surface area contributed by atoms with Crippen molar-refractivity contribution in [3.63, 3.8) is 0 Å². The van der Waals surface area contributed by atoms with E-state index in [9.17, 15) is 0 Å². The second-order valence-corrected chi connectivity index (χ2v) is 5.26. The van der Waals surface area contributed by atoms with E-state index in [0.717, 1.165) is 0 Å². The predicted octanol–water partition coefficient (Wildman–Crippen LogP) is 3.70. The summed E-state index contributed by atoms with van der Waals surface area (Å²) in [6, 6.07) is 4.30. The first kappa shape index (κ1) is 6.83. The molecule has 0 bridgehead atoms. The van der Waals surface area contributed by atoms with Gasteiger partial charge in [0.2, 0.25) is 0 Å². The lowest BCUT2D eigenvalue weighted by Crippen LogP contribution is -1.76. The molecular formula is C7H6S3. The maximum absolute atomic E-state index is 2.25. The quantitative estimate of drug-likeness (QED) is 0.613. The highest BCUT2D eigenvalue weighted by Crippen LogP contribution is 2.46. The summed E-state index contributed by atoms with van der Waals surface area (Å²) in [6.07, 6.45) is 2.25. The number of hydrogen-bond acceptors (Lipinski definition) is 3. The van der Waals surface area contributed by atoms with Crippen molar-refractivity contribution in [1.82, 2.24) is 0 Å². The Hall–Kier alpha value is 0.140. The highest BCUT2D eigenvalue weighted by molar-refractivity contribution is 8.78. The minimum atomic E-state index is 0.616. The normalized spacial score (nSPS) is 23.8. The van der Waals surface area contributed by atoms with E-state index in [1.54, 1.807) is 0 Å². The van der Waals surface area contributed by atoms with Gasteiger partial charge >= 0.3 is 0 Å². The average Bonchev–Trinajstić information content (AvgIpc) is 2.59. The minimum Gasteiger partial charge on any atom is -0.147 e. The molecule has 0 saturated carbocycles. The Morgan fingerprint density at radius 1 is 1.40 bits per heavy atom. The van der Waals surface area contributed by atoms with E-state index in [4.69, 9.17) is 0 Å². The highest BCUT2D eigenvalue weighted by Gasteiger charge is 2.12. The summed E-state index contributed by atoms with van der Waals surface area (Å²) < 4.78 is 0. The Kier molecular flexibility index (Phi) is 2.07. The van der Waals surface area contributed by atoms with Crippen LogP contribution in [0.2, 0.25) is 0 Å². The smallest absolute Gasteiger partial charge is 0.0686 e. The number of hydrogen-bond donors (Lipinski definition) is 0. The largest absolute Gasteiger partial charge is 0.147 e. The van der Waals surface area contributed by atoms with Gasteiger partial charge < -0.3 is 0 Å². The van der Waals surface area contributed by atoms with E-state index >= 15 is 0 Å². The first-order valence-electron chi connectivity index (χ1n) is 2.99. The molecule has 0 fully saturated rings. The van der Waals surface area contributed by atoms with Crippen molar-refractivity contribution in [3.05, 3.63) is 33.9 Å². The van der Waals surface area contributed by atoms with Crippen LogP contribution >= 0.6 is 32.9 Å². The van der Waals surface area contributed by atoms with Crippen LogP contribution in [-0.2, 0) is 0 Å². The maximum Gasteiger partial charge on any atom is 0.0686 e. The molecule has 0 spiro atoms. The molecule has 1 atom stereocenters. The lowest BCUT2D eigenvalue weighted by atomic mass is 10.3. The van der Waals surface area contributed by atoms with Gasteiger partial charge in [0.05, 0.1) is 5.25 Å². The van der Waals surface area contributed by atoms with Gasteiger partial charge in [-0.1, -0.05) is 33.7 Å².